The molecule has 4 aromatic rings. The fourth-order valence-corrected chi connectivity index (χ4v) is 5.37. The molecule has 5 rings (SSSR count). The molecule has 1 saturated heterocycles. The van der Waals surface area contributed by atoms with E-state index in [-0.39, 0.29) is 35.6 Å². The summed E-state index contributed by atoms with van der Waals surface area (Å²) in [7, 11) is 0. The molecule has 8 heteroatoms. The van der Waals surface area contributed by atoms with Crippen LogP contribution in [0.5, 0.6) is 0 Å². The van der Waals surface area contributed by atoms with Gasteiger partial charge in [0.05, 0.1) is 43.2 Å². The summed E-state index contributed by atoms with van der Waals surface area (Å²) in [5.74, 6) is -0.304. The van der Waals surface area contributed by atoms with Gasteiger partial charge in [-0.1, -0.05) is 41.9 Å². The van der Waals surface area contributed by atoms with Crippen molar-refractivity contribution < 1.29 is 26.5 Å². The predicted octanol–water partition coefficient (Wildman–Crippen LogP) is 1.67. The van der Waals surface area contributed by atoms with Crippen molar-refractivity contribution >= 4 is 28.2 Å². The van der Waals surface area contributed by atoms with E-state index in [0.717, 1.165) is 55.5 Å². The van der Waals surface area contributed by atoms with Gasteiger partial charge in [0.25, 0.3) is 5.56 Å². The van der Waals surface area contributed by atoms with Crippen molar-refractivity contribution in [1.82, 2.24) is 9.78 Å². The molecule has 2 atom stereocenters. The zero-order valence-corrected chi connectivity index (χ0v) is 22.5. The molecule has 0 radical (unpaired) electrons. The predicted molar refractivity (Wildman–Crippen MR) is 144 cm³/mol. The van der Waals surface area contributed by atoms with Crippen LogP contribution in [0.1, 0.15) is 53.3 Å². The lowest BCUT2D eigenvalue weighted by Gasteiger charge is -2.19. The van der Waals surface area contributed by atoms with Gasteiger partial charge in [-0.15, -0.1) is 0 Å². The van der Waals surface area contributed by atoms with E-state index in [1.807, 2.05) is 48.5 Å². The number of halogens is 3. The number of nitrogens with zero attached hydrogens (tertiary/aromatic N) is 2. The second-order valence-corrected chi connectivity index (χ2v) is 10.2. The lowest BCUT2D eigenvalue weighted by molar-refractivity contribution is -0.898. The number of nitrogens with one attached hydrogen (secondary N) is 1. The molecule has 198 valence electrons. The van der Waals surface area contributed by atoms with Gasteiger partial charge in [-0.3, -0.25) is 9.59 Å². The summed E-state index contributed by atoms with van der Waals surface area (Å²) in [6.07, 6.45) is 3.70. The normalized spacial score (nSPS) is 17.5. The van der Waals surface area contributed by atoms with Crippen molar-refractivity contribution in [3.8, 4) is 0 Å². The van der Waals surface area contributed by atoms with Gasteiger partial charge >= 0.3 is 0 Å². The minimum absolute atomic E-state index is 0. The maximum absolute atomic E-state index is 13.5. The largest absolute Gasteiger partial charge is 1.00 e. The second kappa shape index (κ2) is 12.7. The van der Waals surface area contributed by atoms with Crippen molar-refractivity contribution in [1.29, 1.82) is 0 Å². The Bertz CT molecular complexity index is 1460. The van der Waals surface area contributed by atoms with Crippen molar-refractivity contribution in [3.63, 3.8) is 0 Å². The Kier molecular flexibility index (Phi) is 9.31. The smallest absolute Gasteiger partial charge is 0.274 e. The van der Waals surface area contributed by atoms with Crippen LogP contribution in [-0.4, -0.2) is 35.2 Å². The monoisotopic (exact) mass is 553 g/mol. The molecule has 1 aromatic heterocycles. The van der Waals surface area contributed by atoms with Crippen LogP contribution in [0, 0.1) is 5.82 Å². The summed E-state index contributed by atoms with van der Waals surface area (Å²) in [6, 6.07) is 21.2. The molecule has 38 heavy (non-hydrogen) atoms. The van der Waals surface area contributed by atoms with Crippen LogP contribution in [0.25, 0.3) is 10.8 Å². The first-order valence-electron chi connectivity index (χ1n) is 12.8. The lowest BCUT2D eigenvalue weighted by Crippen LogP contribution is -3.12. The molecule has 1 fully saturated rings. The van der Waals surface area contributed by atoms with E-state index >= 15 is 0 Å². The SMILES string of the molecule is O=C(CC[NH+]1CCCC(n2nc(Cc3ccc(Cl)cc3)c3ccccc3c2=O)CC1)c1ccc(F)cc1.[Cl-]. The van der Waals surface area contributed by atoms with Gasteiger partial charge in [0.2, 0.25) is 0 Å². The highest BCUT2D eigenvalue weighted by Crippen LogP contribution is 2.22. The molecule has 2 heterocycles. The average Bonchev–Trinajstić information content (AvgIpc) is 3.16. The Labute approximate surface area is 232 Å². The molecule has 0 bridgehead atoms. The maximum Gasteiger partial charge on any atom is 0.274 e. The zero-order valence-electron chi connectivity index (χ0n) is 21.0. The van der Waals surface area contributed by atoms with Gasteiger partial charge in [0, 0.05) is 28.8 Å². The molecule has 5 nitrogen and oxygen atoms in total. The first-order chi connectivity index (χ1) is 18.0. The first-order valence-corrected chi connectivity index (χ1v) is 13.2. The molecule has 0 amide bonds. The number of fused-ring (bicyclic) bond motifs is 1. The Hall–Kier alpha value is -3.06. The Morgan fingerprint density at radius 3 is 2.42 bits per heavy atom. The van der Waals surface area contributed by atoms with Crippen LogP contribution in [-0.2, 0) is 6.42 Å². The van der Waals surface area contributed by atoms with E-state index in [4.69, 9.17) is 16.7 Å². The molecule has 1 aliphatic rings. The third kappa shape index (κ3) is 6.49. The highest BCUT2D eigenvalue weighted by Gasteiger charge is 2.24. The summed E-state index contributed by atoms with van der Waals surface area (Å²) in [5.41, 5.74) is 2.48. The Balaban J connectivity index is 0.00000336. The van der Waals surface area contributed by atoms with Gasteiger partial charge in [-0.05, 0) is 60.9 Å². The summed E-state index contributed by atoms with van der Waals surface area (Å²) >= 11 is 6.07. The third-order valence-corrected chi connectivity index (χ3v) is 7.56. The molecular formula is C30H30Cl2FN3O2. The van der Waals surface area contributed by atoms with Gasteiger partial charge in [0.15, 0.2) is 5.78 Å². The molecule has 0 saturated carbocycles. The number of likely N-dealkylation sites (tertiary alicyclic amines) is 1. The van der Waals surface area contributed by atoms with Crippen LogP contribution in [0.2, 0.25) is 5.02 Å². The number of Topliss-reactive ketones (excluding diaryl/α,β-unsaturated/α-hetero) is 1. The van der Waals surface area contributed by atoms with E-state index in [0.29, 0.717) is 28.8 Å². The summed E-state index contributed by atoms with van der Waals surface area (Å²) in [5, 5.41) is 7.18. The van der Waals surface area contributed by atoms with Crippen LogP contribution >= 0.6 is 11.6 Å². The van der Waals surface area contributed by atoms with E-state index < -0.39 is 0 Å². The molecule has 0 spiro atoms. The van der Waals surface area contributed by atoms with Crippen molar-refractivity contribution in [2.75, 3.05) is 19.6 Å². The lowest BCUT2D eigenvalue weighted by atomic mass is 10.0. The molecule has 0 aliphatic carbocycles. The van der Waals surface area contributed by atoms with E-state index in [9.17, 15) is 14.0 Å². The highest BCUT2D eigenvalue weighted by molar-refractivity contribution is 6.30. The number of rotatable bonds is 7. The molecule has 1 N–H and O–H groups in total. The molecular weight excluding hydrogens is 524 g/mol. The van der Waals surface area contributed by atoms with Crippen LogP contribution in [0.15, 0.2) is 77.6 Å². The molecule has 1 aliphatic heterocycles. The molecule has 2 unspecified atom stereocenters. The van der Waals surface area contributed by atoms with Crippen LogP contribution in [0.3, 0.4) is 0 Å². The topological polar surface area (TPSA) is 56.4 Å². The summed E-state index contributed by atoms with van der Waals surface area (Å²) in [4.78, 5) is 27.4. The van der Waals surface area contributed by atoms with Crippen LogP contribution in [0.4, 0.5) is 4.39 Å². The van der Waals surface area contributed by atoms with Gasteiger partial charge < -0.3 is 17.3 Å². The quantitative estimate of drug-likeness (QED) is 0.354. The second-order valence-electron chi connectivity index (χ2n) is 9.81. The van der Waals surface area contributed by atoms with Crippen molar-refractivity contribution in [3.05, 3.63) is 111 Å². The number of carbonyl (C=O) groups is 1. The number of carbonyl (C=O) groups excluding carboxylic acids is 1. The van der Waals surface area contributed by atoms with Gasteiger partial charge in [-0.25, -0.2) is 9.07 Å². The Morgan fingerprint density at radius 1 is 0.974 bits per heavy atom. The number of quaternary nitrogens is 1. The number of benzene rings is 3. The van der Waals surface area contributed by atoms with Crippen LogP contribution < -0.4 is 22.9 Å². The van der Waals surface area contributed by atoms with Crippen molar-refractivity contribution in [2.24, 2.45) is 0 Å². The highest BCUT2D eigenvalue weighted by atomic mass is 35.5. The standard InChI is InChI=1S/C30H29ClFN3O2.ClH/c31-23-11-7-21(8-12-23)20-28-26-5-1-2-6-27(26)30(37)35(33-28)25-4-3-17-34(18-15-25)19-16-29(36)22-9-13-24(32)14-10-22;/h1-2,5-14,25H,3-4,15-20H2;1H. The summed E-state index contributed by atoms with van der Waals surface area (Å²) < 4.78 is 14.9. The number of hydrogen-bond acceptors (Lipinski definition) is 3. The first kappa shape index (κ1) is 28.0. The third-order valence-electron chi connectivity index (χ3n) is 7.31. The fraction of sp³-hybridized carbons (Fsp3) is 0.300. The number of hydrogen-bond donors (Lipinski definition) is 1. The van der Waals surface area contributed by atoms with E-state index in [1.165, 1.54) is 17.0 Å². The average molecular weight is 554 g/mol. The minimum Gasteiger partial charge on any atom is -1.00 e. The van der Waals surface area contributed by atoms with E-state index in [2.05, 4.69) is 0 Å². The maximum atomic E-state index is 13.5. The number of ketones is 1. The van der Waals surface area contributed by atoms with Gasteiger partial charge in [0.1, 0.15) is 5.82 Å². The summed E-state index contributed by atoms with van der Waals surface area (Å²) in [6.45, 7) is 2.55. The van der Waals surface area contributed by atoms with Gasteiger partial charge in [-0.2, -0.15) is 5.10 Å². The van der Waals surface area contributed by atoms with Crippen molar-refractivity contribution in [2.45, 2.75) is 38.1 Å². The minimum atomic E-state index is -0.338. The molecule has 3 aromatic carbocycles. The number of aromatic nitrogens is 2. The van der Waals surface area contributed by atoms with E-state index in [1.54, 1.807) is 16.8 Å². The Morgan fingerprint density at radius 2 is 1.68 bits per heavy atom. The zero-order chi connectivity index (χ0) is 25.8. The fourth-order valence-electron chi connectivity index (χ4n) is 5.24.